The molecule has 2 aliphatic rings. The zero-order valence-corrected chi connectivity index (χ0v) is 12.2. The van der Waals surface area contributed by atoms with Crippen LogP contribution in [0.4, 0.5) is 0 Å². The molecule has 0 radical (unpaired) electrons. The molecule has 2 aliphatic heterocycles. The van der Waals surface area contributed by atoms with Crippen LogP contribution in [0.15, 0.2) is 0 Å². The Kier molecular flexibility index (Phi) is 5.46. The molecule has 0 unspecified atom stereocenters. The monoisotopic (exact) mass is 254 g/mol. The summed E-state index contributed by atoms with van der Waals surface area (Å²) in [4.78, 5) is 2.59. The van der Waals surface area contributed by atoms with Crippen molar-refractivity contribution in [2.75, 3.05) is 39.3 Å². The Bertz CT molecular complexity index is 237. The summed E-state index contributed by atoms with van der Waals surface area (Å²) >= 11 is 0. The molecule has 2 rings (SSSR count). The van der Waals surface area contributed by atoms with Crippen LogP contribution in [0.1, 0.15) is 46.0 Å². The quantitative estimate of drug-likeness (QED) is 0.833. The molecule has 0 saturated carbocycles. The summed E-state index contributed by atoms with van der Waals surface area (Å²) in [5.74, 6) is 0. The molecule has 0 aliphatic carbocycles. The smallest absolute Gasteiger partial charge is 0.0600 e. The fourth-order valence-electron chi connectivity index (χ4n) is 3.01. The Morgan fingerprint density at radius 3 is 2.72 bits per heavy atom. The second-order valence-electron chi connectivity index (χ2n) is 6.68. The predicted molar refractivity (Wildman–Crippen MR) is 75.9 cm³/mol. The Hall–Kier alpha value is -0.120. The molecule has 18 heavy (non-hydrogen) atoms. The number of hydrogen-bond donors (Lipinski definition) is 1. The van der Waals surface area contributed by atoms with E-state index in [0.717, 1.165) is 26.2 Å². The van der Waals surface area contributed by atoms with Crippen molar-refractivity contribution >= 4 is 0 Å². The van der Waals surface area contributed by atoms with Crippen molar-refractivity contribution in [1.29, 1.82) is 0 Å². The lowest BCUT2D eigenvalue weighted by atomic mass is 9.85. The summed E-state index contributed by atoms with van der Waals surface area (Å²) in [7, 11) is 0. The van der Waals surface area contributed by atoms with Gasteiger partial charge in [-0.1, -0.05) is 13.8 Å². The largest absolute Gasteiger partial charge is 0.377 e. The van der Waals surface area contributed by atoms with Crippen LogP contribution in [0.5, 0.6) is 0 Å². The third-order valence-electron chi connectivity index (χ3n) is 4.48. The topological polar surface area (TPSA) is 24.5 Å². The Morgan fingerprint density at radius 1 is 1.17 bits per heavy atom. The van der Waals surface area contributed by atoms with Crippen LogP contribution in [0.25, 0.3) is 0 Å². The first kappa shape index (κ1) is 14.3. The molecule has 0 bridgehead atoms. The molecule has 0 spiro atoms. The molecule has 106 valence electrons. The highest BCUT2D eigenvalue weighted by Gasteiger charge is 2.23. The van der Waals surface area contributed by atoms with E-state index >= 15 is 0 Å². The average molecular weight is 254 g/mol. The van der Waals surface area contributed by atoms with Crippen molar-refractivity contribution in [1.82, 2.24) is 10.2 Å². The van der Waals surface area contributed by atoms with E-state index in [2.05, 4.69) is 24.1 Å². The zero-order valence-electron chi connectivity index (χ0n) is 12.2. The molecule has 0 amide bonds. The zero-order chi connectivity index (χ0) is 12.8. The van der Waals surface area contributed by atoms with Gasteiger partial charge in [0.15, 0.2) is 0 Å². The Balaban J connectivity index is 1.61. The molecule has 3 nitrogen and oxygen atoms in total. The number of nitrogens with zero attached hydrogens (tertiary/aromatic N) is 1. The van der Waals surface area contributed by atoms with Gasteiger partial charge in [-0.3, -0.25) is 0 Å². The van der Waals surface area contributed by atoms with Crippen LogP contribution in [0.3, 0.4) is 0 Å². The lowest BCUT2D eigenvalue weighted by molar-refractivity contribution is 0.0202. The van der Waals surface area contributed by atoms with E-state index < -0.39 is 0 Å². The average Bonchev–Trinajstić information content (AvgIpc) is 2.52. The van der Waals surface area contributed by atoms with Gasteiger partial charge in [-0.25, -0.2) is 0 Å². The van der Waals surface area contributed by atoms with E-state index in [4.69, 9.17) is 4.74 Å². The fraction of sp³-hybridized carbons (Fsp3) is 1.00. The van der Waals surface area contributed by atoms with Gasteiger partial charge < -0.3 is 15.0 Å². The van der Waals surface area contributed by atoms with Crippen molar-refractivity contribution < 1.29 is 4.74 Å². The predicted octanol–water partition coefficient (Wildman–Crippen LogP) is 2.27. The van der Waals surface area contributed by atoms with E-state index in [9.17, 15) is 0 Å². The molecule has 0 atom stereocenters. The van der Waals surface area contributed by atoms with Crippen LogP contribution in [0.2, 0.25) is 0 Å². The number of nitrogens with one attached hydrogen (secondary N) is 1. The Labute approximate surface area is 112 Å². The molecule has 2 fully saturated rings. The molecule has 2 heterocycles. The maximum Gasteiger partial charge on any atom is 0.0600 e. The van der Waals surface area contributed by atoms with Gasteiger partial charge in [0.25, 0.3) is 0 Å². The third kappa shape index (κ3) is 4.87. The van der Waals surface area contributed by atoms with E-state index in [-0.39, 0.29) is 0 Å². The molecule has 2 saturated heterocycles. The second-order valence-corrected chi connectivity index (χ2v) is 6.68. The molecular weight excluding hydrogens is 224 g/mol. The van der Waals surface area contributed by atoms with Gasteiger partial charge in [-0.2, -0.15) is 0 Å². The summed E-state index contributed by atoms with van der Waals surface area (Å²) in [6.07, 6.45) is 6.94. The van der Waals surface area contributed by atoms with Gasteiger partial charge in [0.2, 0.25) is 0 Å². The van der Waals surface area contributed by atoms with E-state index in [1.54, 1.807) is 0 Å². The van der Waals surface area contributed by atoms with E-state index in [1.165, 1.54) is 45.2 Å². The SMILES string of the molecule is CC1(C)CCCN(CCOC2CCNCC2)CC1. The van der Waals surface area contributed by atoms with Crippen molar-refractivity contribution in [3.63, 3.8) is 0 Å². The van der Waals surface area contributed by atoms with Gasteiger partial charge in [-0.05, 0) is 63.7 Å². The molecule has 1 N–H and O–H groups in total. The van der Waals surface area contributed by atoms with E-state index in [1.807, 2.05) is 0 Å². The van der Waals surface area contributed by atoms with Crippen molar-refractivity contribution in [3.8, 4) is 0 Å². The maximum atomic E-state index is 6.00. The number of hydrogen-bond acceptors (Lipinski definition) is 3. The van der Waals surface area contributed by atoms with Gasteiger partial charge in [0, 0.05) is 6.54 Å². The lowest BCUT2D eigenvalue weighted by Crippen LogP contribution is -2.35. The van der Waals surface area contributed by atoms with E-state index in [0.29, 0.717) is 11.5 Å². The van der Waals surface area contributed by atoms with Gasteiger partial charge in [0.1, 0.15) is 0 Å². The molecular formula is C15H30N2O. The Morgan fingerprint density at radius 2 is 1.94 bits per heavy atom. The first-order valence-electron chi connectivity index (χ1n) is 7.70. The normalized spacial score (nSPS) is 27.0. The molecule has 0 aromatic heterocycles. The maximum absolute atomic E-state index is 6.00. The first-order valence-corrected chi connectivity index (χ1v) is 7.70. The van der Waals surface area contributed by atoms with Crippen molar-refractivity contribution in [2.24, 2.45) is 5.41 Å². The van der Waals surface area contributed by atoms with Crippen LogP contribution < -0.4 is 5.32 Å². The van der Waals surface area contributed by atoms with Gasteiger partial charge in [-0.15, -0.1) is 0 Å². The number of likely N-dealkylation sites (tertiary alicyclic amines) is 1. The minimum atomic E-state index is 0.509. The number of rotatable bonds is 4. The number of ether oxygens (including phenoxy) is 1. The minimum Gasteiger partial charge on any atom is -0.377 e. The van der Waals surface area contributed by atoms with Crippen LogP contribution in [-0.2, 0) is 4.74 Å². The standard InChI is InChI=1S/C15H30N2O/c1-15(2)6-3-10-17(11-7-15)12-13-18-14-4-8-16-9-5-14/h14,16H,3-13H2,1-2H3. The van der Waals surface area contributed by atoms with Crippen LogP contribution in [-0.4, -0.2) is 50.3 Å². The van der Waals surface area contributed by atoms with Crippen LogP contribution in [0, 0.1) is 5.41 Å². The summed E-state index contributed by atoms with van der Waals surface area (Å²) in [6.45, 7) is 11.6. The highest BCUT2D eigenvalue weighted by Crippen LogP contribution is 2.29. The van der Waals surface area contributed by atoms with Gasteiger partial charge >= 0.3 is 0 Å². The van der Waals surface area contributed by atoms with Crippen LogP contribution >= 0.6 is 0 Å². The number of piperidine rings is 1. The summed E-state index contributed by atoms with van der Waals surface area (Å²) in [5, 5.41) is 3.38. The molecule has 0 aromatic rings. The first-order chi connectivity index (χ1) is 8.66. The highest BCUT2D eigenvalue weighted by molar-refractivity contribution is 4.76. The summed E-state index contributed by atoms with van der Waals surface area (Å²) in [6, 6.07) is 0. The molecule has 0 aromatic carbocycles. The minimum absolute atomic E-state index is 0.509. The fourth-order valence-corrected chi connectivity index (χ4v) is 3.01. The lowest BCUT2D eigenvalue weighted by Gasteiger charge is -2.26. The van der Waals surface area contributed by atoms with Crippen molar-refractivity contribution in [3.05, 3.63) is 0 Å². The summed E-state index contributed by atoms with van der Waals surface area (Å²) < 4.78 is 6.00. The molecule has 3 heteroatoms. The van der Waals surface area contributed by atoms with Gasteiger partial charge in [0.05, 0.1) is 12.7 Å². The third-order valence-corrected chi connectivity index (χ3v) is 4.48. The summed E-state index contributed by atoms with van der Waals surface area (Å²) in [5.41, 5.74) is 0.546. The highest BCUT2D eigenvalue weighted by atomic mass is 16.5. The second kappa shape index (κ2) is 6.88. The van der Waals surface area contributed by atoms with Crippen molar-refractivity contribution in [2.45, 2.75) is 52.1 Å².